The Labute approximate surface area is 186 Å². The van der Waals surface area contributed by atoms with Gasteiger partial charge >= 0.3 is 0 Å². The Morgan fingerprint density at radius 3 is 2.41 bits per heavy atom. The van der Waals surface area contributed by atoms with Crippen molar-refractivity contribution in [2.24, 2.45) is 0 Å². The van der Waals surface area contributed by atoms with Gasteiger partial charge in [-0.3, -0.25) is 4.79 Å². The van der Waals surface area contributed by atoms with Gasteiger partial charge in [0, 0.05) is 32.3 Å². The highest BCUT2D eigenvalue weighted by Crippen LogP contribution is 2.32. The van der Waals surface area contributed by atoms with Crippen molar-refractivity contribution in [2.45, 2.75) is 4.90 Å². The number of benzene rings is 3. The number of ether oxygens (including phenoxy) is 2. The van der Waals surface area contributed by atoms with Crippen molar-refractivity contribution in [3.63, 3.8) is 0 Å². The number of carbonyl (C=O) groups excluding carboxylic acids is 1. The predicted molar refractivity (Wildman–Crippen MR) is 121 cm³/mol. The van der Waals surface area contributed by atoms with Crippen LogP contribution in [-0.4, -0.2) is 56.5 Å². The maximum Gasteiger partial charge on any atom is 0.246 e. The summed E-state index contributed by atoms with van der Waals surface area (Å²) in [4.78, 5) is 14.5. The third-order valence-corrected chi connectivity index (χ3v) is 7.62. The molecule has 3 aromatic carbocycles. The first-order valence-electron chi connectivity index (χ1n) is 10.4. The molecule has 2 heterocycles. The Kier molecular flexibility index (Phi) is 5.32. The summed E-state index contributed by atoms with van der Waals surface area (Å²) < 4.78 is 38.3. The van der Waals surface area contributed by atoms with E-state index in [1.54, 1.807) is 23.1 Å². The van der Waals surface area contributed by atoms with Crippen LogP contribution < -0.4 is 9.47 Å². The van der Waals surface area contributed by atoms with Crippen molar-refractivity contribution in [3.8, 4) is 11.5 Å². The normalized spacial score (nSPS) is 16.7. The van der Waals surface area contributed by atoms with Crippen LogP contribution in [0.15, 0.2) is 71.6 Å². The summed E-state index contributed by atoms with van der Waals surface area (Å²) in [5.74, 6) is 1.20. The number of hydrogen-bond acceptors (Lipinski definition) is 5. The van der Waals surface area contributed by atoms with Crippen LogP contribution in [0.25, 0.3) is 16.8 Å². The van der Waals surface area contributed by atoms with Gasteiger partial charge in [-0.1, -0.05) is 36.4 Å². The molecular weight excluding hydrogens is 428 g/mol. The molecule has 2 aliphatic rings. The van der Waals surface area contributed by atoms with Gasteiger partial charge in [-0.05, 0) is 46.7 Å². The SMILES string of the molecule is O=C(/C=C/c1ccc2c(c1)OCO2)N1CCN(S(=O)(=O)c2ccc3ccccc3c2)CC1. The summed E-state index contributed by atoms with van der Waals surface area (Å²) in [5, 5.41) is 1.88. The average molecular weight is 451 g/mol. The fraction of sp³-hybridized carbons (Fsp3) is 0.208. The van der Waals surface area contributed by atoms with Gasteiger partial charge in [0.2, 0.25) is 22.7 Å². The number of fused-ring (bicyclic) bond motifs is 2. The largest absolute Gasteiger partial charge is 0.454 e. The minimum Gasteiger partial charge on any atom is -0.454 e. The molecular formula is C24H22N2O5S. The average Bonchev–Trinajstić information content (AvgIpc) is 3.30. The molecule has 0 aliphatic carbocycles. The third kappa shape index (κ3) is 3.94. The van der Waals surface area contributed by atoms with Crippen molar-refractivity contribution in [3.05, 3.63) is 72.3 Å². The maximum atomic E-state index is 13.1. The maximum absolute atomic E-state index is 13.1. The molecule has 8 heteroatoms. The van der Waals surface area contributed by atoms with Crippen LogP contribution in [0, 0.1) is 0 Å². The molecule has 0 saturated carbocycles. The molecule has 1 amide bonds. The van der Waals surface area contributed by atoms with Gasteiger partial charge in [-0.2, -0.15) is 4.31 Å². The highest BCUT2D eigenvalue weighted by atomic mass is 32.2. The van der Waals surface area contributed by atoms with Crippen LogP contribution in [-0.2, 0) is 14.8 Å². The van der Waals surface area contributed by atoms with Crippen LogP contribution in [0.2, 0.25) is 0 Å². The topological polar surface area (TPSA) is 76.2 Å². The van der Waals surface area contributed by atoms with Crippen LogP contribution in [0.3, 0.4) is 0 Å². The molecule has 3 aromatic rings. The molecule has 2 aliphatic heterocycles. The van der Waals surface area contributed by atoms with Gasteiger partial charge in [-0.25, -0.2) is 8.42 Å². The van der Waals surface area contributed by atoms with Crippen LogP contribution in [0.4, 0.5) is 0 Å². The summed E-state index contributed by atoms with van der Waals surface area (Å²) in [6.45, 7) is 1.42. The Bertz CT molecular complexity index is 1310. The van der Waals surface area contributed by atoms with E-state index in [-0.39, 0.29) is 30.7 Å². The number of amides is 1. The molecule has 0 bridgehead atoms. The molecule has 1 fully saturated rings. The van der Waals surface area contributed by atoms with E-state index < -0.39 is 10.0 Å². The molecule has 0 unspecified atom stereocenters. The van der Waals surface area contributed by atoms with E-state index in [0.29, 0.717) is 24.6 Å². The number of nitrogens with zero attached hydrogens (tertiary/aromatic N) is 2. The van der Waals surface area contributed by atoms with Crippen molar-refractivity contribution >= 4 is 32.8 Å². The number of piperazine rings is 1. The summed E-state index contributed by atoms with van der Waals surface area (Å²) in [7, 11) is -3.61. The van der Waals surface area contributed by atoms with Gasteiger partial charge in [0.05, 0.1) is 4.90 Å². The first-order chi connectivity index (χ1) is 15.5. The van der Waals surface area contributed by atoms with E-state index in [2.05, 4.69) is 0 Å². The zero-order valence-corrected chi connectivity index (χ0v) is 18.1. The van der Waals surface area contributed by atoms with Gasteiger partial charge in [-0.15, -0.1) is 0 Å². The third-order valence-electron chi connectivity index (χ3n) is 5.72. The standard InChI is InChI=1S/C24H22N2O5S/c27-24(10-6-18-5-9-22-23(15-18)31-17-30-22)25-11-13-26(14-12-25)32(28,29)21-8-7-19-3-1-2-4-20(19)16-21/h1-10,15-16H,11-14,17H2/b10-6+. The lowest BCUT2D eigenvalue weighted by Gasteiger charge is -2.33. The Morgan fingerprint density at radius 2 is 1.59 bits per heavy atom. The molecule has 0 spiro atoms. The van der Waals surface area contributed by atoms with Crippen LogP contribution in [0.1, 0.15) is 5.56 Å². The predicted octanol–water partition coefficient (Wildman–Crippen LogP) is 3.11. The van der Waals surface area contributed by atoms with Gasteiger partial charge in [0.15, 0.2) is 11.5 Å². The van der Waals surface area contributed by atoms with Crippen molar-refractivity contribution < 1.29 is 22.7 Å². The van der Waals surface area contributed by atoms with Gasteiger partial charge < -0.3 is 14.4 Å². The van der Waals surface area contributed by atoms with E-state index in [1.165, 1.54) is 10.4 Å². The Balaban J connectivity index is 1.23. The van der Waals surface area contributed by atoms with E-state index in [1.807, 2.05) is 48.5 Å². The molecule has 0 aromatic heterocycles. The molecule has 0 N–H and O–H groups in total. The lowest BCUT2D eigenvalue weighted by molar-refractivity contribution is -0.127. The molecule has 164 valence electrons. The van der Waals surface area contributed by atoms with E-state index in [4.69, 9.17) is 9.47 Å². The number of hydrogen-bond donors (Lipinski definition) is 0. The summed E-state index contributed by atoms with van der Waals surface area (Å²) >= 11 is 0. The first kappa shape index (κ1) is 20.5. The molecule has 32 heavy (non-hydrogen) atoms. The summed E-state index contributed by atoms with van der Waals surface area (Å²) in [5.41, 5.74) is 0.833. The molecule has 5 rings (SSSR count). The number of rotatable bonds is 4. The van der Waals surface area contributed by atoms with Crippen LogP contribution in [0.5, 0.6) is 11.5 Å². The van der Waals surface area contributed by atoms with Crippen LogP contribution >= 0.6 is 0 Å². The number of carbonyl (C=O) groups is 1. The monoisotopic (exact) mass is 450 g/mol. The van der Waals surface area contributed by atoms with E-state index in [0.717, 1.165) is 16.3 Å². The van der Waals surface area contributed by atoms with E-state index in [9.17, 15) is 13.2 Å². The molecule has 7 nitrogen and oxygen atoms in total. The second-order valence-electron chi connectivity index (χ2n) is 7.68. The van der Waals surface area contributed by atoms with E-state index >= 15 is 0 Å². The summed E-state index contributed by atoms with van der Waals surface area (Å²) in [6, 6.07) is 18.3. The zero-order chi connectivity index (χ0) is 22.1. The lowest BCUT2D eigenvalue weighted by Crippen LogP contribution is -2.50. The smallest absolute Gasteiger partial charge is 0.246 e. The van der Waals surface area contributed by atoms with Gasteiger partial charge in [0.1, 0.15) is 0 Å². The Morgan fingerprint density at radius 1 is 0.844 bits per heavy atom. The molecule has 0 radical (unpaired) electrons. The second-order valence-corrected chi connectivity index (χ2v) is 9.62. The second kappa shape index (κ2) is 8.29. The fourth-order valence-corrected chi connectivity index (χ4v) is 5.37. The number of sulfonamides is 1. The van der Waals surface area contributed by atoms with Crippen molar-refractivity contribution in [1.82, 2.24) is 9.21 Å². The highest BCUT2D eigenvalue weighted by molar-refractivity contribution is 7.89. The lowest BCUT2D eigenvalue weighted by atomic mass is 10.1. The molecule has 1 saturated heterocycles. The highest BCUT2D eigenvalue weighted by Gasteiger charge is 2.29. The quantitative estimate of drug-likeness (QED) is 0.571. The van der Waals surface area contributed by atoms with Crippen molar-refractivity contribution in [1.29, 1.82) is 0 Å². The minimum atomic E-state index is -3.61. The van der Waals surface area contributed by atoms with Gasteiger partial charge in [0.25, 0.3) is 0 Å². The zero-order valence-electron chi connectivity index (χ0n) is 17.3. The first-order valence-corrected chi connectivity index (χ1v) is 11.8. The van der Waals surface area contributed by atoms with Crippen molar-refractivity contribution in [2.75, 3.05) is 33.0 Å². The minimum absolute atomic E-state index is 0.148. The Hall–Kier alpha value is -3.36. The molecule has 0 atom stereocenters. The summed E-state index contributed by atoms with van der Waals surface area (Å²) in [6.07, 6.45) is 3.23. The fourth-order valence-electron chi connectivity index (χ4n) is 3.92.